The van der Waals surface area contributed by atoms with Crippen molar-refractivity contribution in [3.8, 4) is 0 Å². The number of likely N-dealkylation sites (tertiary alicyclic amines) is 1. The van der Waals surface area contributed by atoms with Crippen LogP contribution in [0.1, 0.15) is 69.1 Å². The summed E-state index contributed by atoms with van der Waals surface area (Å²) in [6.45, 7) is 4.98. The molecule has 1 fully saturated rings. The van der Waals surface area contributed by atoms with Gasteiger partial charge in [-0.2, -0.15) is 4.98 Å². The first-order valence-corrected chi connectivity index (χ1v) is 9.79. The summed E-state index contributed by atoms with van der Waals surface area (Å²) in [5.41, 5.74) is 1.35. The van der Waals surface area contributed by atoms with Crippen molar-refractivity contribution in [1.82, 2.24) is 15.0 Å². The molecule has 2 aromatic rings. The lowest BCUT2D eigenvalue weighted by Crippen LogP contribution is -2.35. The summed E-state index contributed by atoms with van der Waals surface area (Å²) < 4.78 is 5.26. The van der Waals surface area contributed by atoms with Gasteiger partial charge >= 0.3 is 0 Å². The Kier molecular flexibility index (Phi) is 6.42. The van der Waals surface area contributed by atoms with Gasteiger partial charge in [0.15, 0.2) is 5.82 Å². The summed E-state index contributed by atoms with van der Waals surface area (Å²) in [6, 6.07) is 10.9. The van der Waals surface area contributed by atoms with E-state index in [4.69, 9.17) is 4.52 Å². The lowest BCUT2D eigenvalue weighted by atomic mass is 10.0. The van der Waals surface area contributed by atoms with Gasteiger partial charge in [-0.3, -0.25) is 4.79 Å². The molecule has 5 nitrogen and oxygen atoms in total. The summed E-state index contributed by atoms with van der Waals surface area (Å²) in [5, 5.41) is 3.97. The van der Waals surface area contributed by atoms with Crippen LogP contribution in [0, 0.1) is 0 Å². The van der Waals surface area contributed by atoms with Gasteiger partial charge in [0.1, 0.15) is 0 Å². The number of nitrogens with zero attached hydrogens (tertiary/aromatic N) is 3. The van der Waals surface area contributed by atoms with Gasteiger partial charge in [0.25, 0.3) is 0 Å². The maximum absolute atomic E-state index is 12.6. The molecule has 1 unspecified atom stereocenters. The number of hydrogen-bond donors (Lipinski definition) is 0. The van der Waals surface area contributed by atoms with Crippen molar-refractivity contribution in [3.63, 3.8) is 0 Å². The van der Waals surface area contributed by atoms with E-state index in [2.05, 4.69) is 39.3 Å². The number of amides is 1. The second kappa shape index (κ2) is 8.97. The summed E-state index contributed by atoms with van der Waals surface area (Å²) in [7, 11) is 0. The number of rotatable bonds is 8. The van der Waals surface area contributed by atoms with E-state index in [1.807, 2.05) is 19.9 Å². The third kappa shape index (κ3) is 4.93. The van der Waals surface area contributed by atoms with E-state index in [9.17, 15) is 4.79 Å². The Labute approximate surface area is 155 Å². The fraction of sp³-hybridized carbons (Fsp3) is 0.571. The zero-order valence-electron chi connectivity index (χ0n) is 15.9. The highest BCUT2D eigenvalue weighted by Crippen LogP contribution is 2.23. The summed E-state index contributed by atoms with van der Waals surface area (Å²) in [5.74, 6) is 1.92. The van der Waals surface area contributed by atoms with E-state index >= 15 is 0 Å². The molecular weight excluding hydrogens is 326 g/mol. The topological polar surface area (TPSA) is 59.2 Å². The highest BCUT2D eigenvalue weighted by Gasteiger charge is 2.27. The number of carbonyl (C=O) groups excluding carboxylic acids is 1. The Hall–Kier alpha value is -2.17. The molecular formula is C21H29N3O2. The number of aromatic nitrogens is 2. The van der Waals surface area contributed by atoms with E-state index in [1.54, 1.807) is 0 Å². The molecule has 1 aliphatic heterocycles. The Morgan fingerprint density at radius 1 is 1.27 bits per heavy atom. The molecule has 0 radical (unpaired) electrons. The molecule has 1 atom stereocenters. The van der Waals surface area contributed by atoms with Crippen molar-refractivity contribution >= 4 is 5.91 Å². The minimum Gasteiger partial charge on any atom is -0.340 e. The minimum atomic E-state index is 0.268. The largest absolute Gasteiger partial charge is 0.340 e. The van der Waals surface area contributed by atoms with Crippen LogP contribution >= 0.6 is 0 Å². The quantitative estimate of drug-likeness (QED) is 0.714. The average molecular weight is 355 g/mol. The zero-order chi connectivity index (χ0) is 18.4. The van der Waals surface area contributed by atoms with Gasteiger partial charge < -0.3 is 9.42 Å². The first-order chi connectivity index (χ1) is 12.6. The van der Waals surface area contributed by atoms with Gasteiger partial charge in [0.05, 0.1) is 0 Å². The standard InChI is InChI=1S/C21H29N3O2/c1-16(2)21-22-19(26-23-21)11-6-12-20(25)24-15-7-10-18(24)14-13-17-8-4-3-5-9-17/h3-5,8-9,16,18H,6-7,10-15H2,1-2H3. The van der Waals surface area contributed by atoms with Crippen LogP contribution < -0.4 is 0 Å². The molecule has 1 aromatic carbocycles. The lowest BCUT2D eigenvalue weighted by molar-refractivity contribution is -0.132. The smallest absolute Gasteiger partial charge is 0.226 e. The zero-order valence-corrected chi connectivity index (χ0v) is 15.9. The van der Waals surface area contributed by atoms with Crippen LogP contribution in [-0.2, 0) is 17.6 Å². The van der Waals surface area contributed by atoms with Crippen molar-refractivity contribution in [2.24, 2.45) is 0 Å². The fourth-order valence-corrected chi connectivity index (χ4v) is 3.58. The van der Waals surface area contributed by atoms with Crippen LogP contribution in [0.5, 0.6) is 0 Å². The molecule has 3 rings (SSSR count). The third-order valence-electron chi connectivity index (χ3n) is 5.09. The predicted octanol–water partition coefficient (Wildman–Crippen LogP) is 4.14. The van der Waals surface area contributed by atoms with Gasteiger partial charge in [0, 0.05) is 31.3 Å². The molecule has 0 aliphatic carbocycles. The number of benzene rings is 1. The van der Waals surface area contributed by atoms with Crippen molar-refractivity contribution in [2.45, 2.75) is 70.8 Å². The molecule has 0 saturated carbocycles. The van der Waals surface area contributed by atoms with Crippen molar-refractivity contribution in [3.05, 3.63) is 47.6 Å². The fourth-order valence-electron chi connectivity index (χ4n) is 3.58. The normalized spacial score (nSPS) is 17.2. The van der Waals surface area contributed by atoms with Crippen LogP contribution in [0.15, 0.2) is 34.9 Å². The summed E-state index contributed by atoms with van der Waals surface area (Å²) in [4.78, 5) is 19.1. The first kappa shape index (κ1) is 18.6. The van der Waals surface area contributed by atoms with Crippen molar-refractivity contribution in [1.29, 1.82) is 0 Å². The molecule has 5 heteroatoms. The molecule has 0 N–H and O–H groups in total. The molecule has 140 valence electrons. The van der Waals surface area contributed by atoms with Crippen molar-refractivity contribution < 1.29 is 9.32 Å². The van der Waals surface area contributed by atoms with Crippen molar-refractivity contribution in [2.75, 3.05) is 6.54 Å². The van der Waals surface area contributed by atoms with E-state index < -0.39 is 0 Å². The van der Waals surface area contributed by atoms with Crippen LogP contribution in [0.3, 0.4) is 0 Å². The second-order valence-corrected chi connectivity index (χ2v) is 7.46. The number of carbonyl (C=O) groups is 1. The number of hydrogen-bond acceptors (Lipinski definition) is 4. The van der Waals surface area contributed by atoms with E-state index in [0.29, 0.717) is 24.8 Å². The molecule has 1 aromatic heterocycles. The van der Waals surface area contributed by atoms with Crippen LogP contribution in [0.4, 0.5) is 0 Å². The summed E-state index contributed by atoms with van der Waals surface area (Å²) >= 11 is 0. The molecule has 0 bridgehead atoms. The highest BCUT2D eigenvalue weighted by molar-refractivity contribution is 5.76. The van der Waals surface area contributed by atoms with Crippen LogP contribution in [0.25, 0.3) is 0 Å². The van der Waals surface area contributed by atoms with Gasteiger partial charge in [-0.1, -0.05) is 49.3 Å². The highest BCUT2D eigenvalue weighted by atomic mass is 16.5. The first-order valence-electron chi connectivity index (χ1n) is 9.79. The Balaban J connectivity index is 1.44. The minimum absolute atomic E-state index is 0.268. The molecule has 1 saturated heterocycles. The van der Waals surface area contributed by atoms with Gasteiger partial charge in [-0.25, -0.2) is 0 Å². The number of aryl methyl sites for hydroxylation is 2. The second-order valence-electron chi connectivity index (χ2n) is 7.46. The van der Waals surface area contributed by atoms with Crippen LogP contribution in [-0.4, -0.2) is 33.5 Å². The van der Waals surface area contributed by atoms with Gasteiger partial charge in [0.2, 0.25) is 11.8 Å². The van der Waals surface area contributed by atoms with E-state index in [1.165, 1.54) is 5.56 Å². The molecule has 26 heavy (non-hydrogen) atoms. The molecule has 1 amide bonds. The van der Waals surface area contributed by atoms with E-state index in [0.717, 1.165) is 44.5 Å². The van der Waals surface area contributed by atoms with E-state index in [-0.39, 0.29) is 11.8 Å². The lowest BCUT2D eigenvalue weighted by Gasteiger charge is -2.25. The summed E-state index contributed by atoms with van der Waals surface area (Å²) in [6.07, 6.45) is 6.33. The SMILES string of the molecule is CC(C)c1noc(CCCC(=O)N2CCCC2CCc2ccccc2)n1. The predicted molar refractivity (Wildman–Crippen MR) is 101 cm³/mol. The maximum atomic E-state index is 12.6. The molecule has 0 spiro atoms. The Bertz CT molecular complexity index is 696. The average Bonchev–Trinajstić information content (AvgIpc) is 3.30. The molecule has 2 heterocycles. The Morgan fingerprint density at radius 3 is 2.81 bits per heavy atom. The van der Waals surface area contributed by atoms with Gasteiger partial charge in [-0.05, 0) is 37.7 Å². The molecule has 1 aliphatic rings. The monoisotopic (exact) mass is 355 g/mol. The third-order valence-corrected chi connectivity index (χ3v) is 5.09. The van der Waals surface area contributed by atoms with Gasteiger partial charge in [-0.15, -0.1) is 0 Å². The van der Waals surface area contributed by atoms with Crippen LogP contribution in [0.2, 0.25) is 0 Å². The maximum Gasteiger partial charge on any atom is 0.226 e. The Morgan fingerprint density at radius 2 is 2.08 bits per heavy atom.